The van der Waals surface area contributed by atoms with E-state index in [1.54, 1.807) is 6.26 Å². The molecule has 0 aromatic carbocycles. The van der Waals surface area contributed by atoms with Crippen molar-refractivity contribution >= 4 is 5.78 Å². The lowest BCUT2D eigenvalue weighted by molar-refractivity contribution is 0.0951. The molecule has 0 saturated carbocycles. The van der Waals surface area contributed by atoms with Gasteiger partial charge in [0, 0.05) is 6.42 Å². The van der Waals surface area contributed by atoms with Crippen LogP contribution in [0, 0.1) is 6.92 Å². The van der Waals surface area contributed by atoms with E-state index >= 15 is 0 Å². The Labute approximate surface area is 91.0 Å². The first-order valence-corrected chi connectivity index (χ1v) is 5.44. The number of aryl methyl sites for hydroxylation is 1. The Morgan fingerprint density at radius 3 is 2.87 bits per heavy atom. The highest BCUT2D eigenvalue weighted by Crippen LogP contribution is 2.13. The highest BCUT2D eigenvalue weighted by molar-refractivity contribution is 5.94. The van der Waals surface area contributed by atoms with Crippen molar-refractivity contribution in [1.29, 1.82) is 0 Å². The fourth-order valence-corrected chi connectivity index (χ4v) is 1.52. The topological polar surface area (TPSA) is 30.2 Å². The summed E-state index contributed by atoms with van der Waals surface area (Å²) in [6, 6.07) is 1.82. The first-order chi connectivity index (χ1) is 7.25. The minimum absolute atomic E-state index is 0.121. The quantitative estimate of drug-likeness (QED) is 0.384. The van der Waals surface area contributed by atoms with Gasteiger partial charge in [0.2, 0.25) is 0 Å². The first kappa shape index (κ1) is 11.8. The second kappa shape index (κ2) is 6.23. The number of carbonyl (C=O) groups is 1. The third-order valence-corrected chi connectivity index (χ3v) is 2.43. The maximum absolute atomic E-state index is 11.6. The monoisotopic (exact) mass is 206 g/mol. The van der Waals surface area contributed by atoms with E-state index in [9.17, 15) is 4.79 Å². The number of hydrogen-bond acceptors (Lipinski definition) is 2. The fraction of sp³-hybridized carbons (Fsp3) is 0.462. The third-order valence-electron chi connectivity index (χ3n) is 2.43. The first-order valence-electron chi connectivity index (χ1n) is 5.44. The van der Waals surface area contributed by atoms with Gasteiger partial charge >= 0.3 is 0 Å². The average molecular weight is 206 g/mol. The fourth-order valence-electron chi connectivity index (χ4n) is 1.52. The minimum Gasteiger partial charge on any atom is -0.461 e. The number of ketones is 1. The number of hydrogen-bond donors (Lipinski definition) is 0. The second-order valence-electron chi connectivity index (χ2n) is 3.74. The lowest BCUT2D eigenvalue weighted by Gasteiger charge is -1.98. The van der Waals surface area contributed by atoms with Crippen LogP contribution in [-0.2, 0) is 0 Å². The highest BCUT2D eigenvalue weighted by Gasteiger charge is 2.11. The molecule has 1 rings (SSSR count). The van der Waals surface area contributed by atoms with Gasteiger partial charge in [0.15, 0.2) is 11.5 Å². The molecule has 0 spiro atoms. The summed E-state index contributed by atoms with van der Waals surface area (Å²) in [5.41, 5.74) is 0.936. The predicted molar refractivity (Wildman–Crippen MR) is 61.1 cm³/mol. The van der Waals surface area contributed by atoms with E-state index in [0.717, 1.165) is 31.2 Å². The summed E-state index contributed by atoms with van der Waals surface area (Å²) >= 11 is 0. The molecule has 1 aromatic heterocycles. The van der Waals surface area contributed by atoms with Crippen LogP contribution < -0.4 is 0 Å². The van der Waals surface area contributed by atoms with Crippen molar-refractivity contribution in [3.63, 3.8) is 0 Å². The lowest BCUT2D eigenvalue weighted by Crippen LogP contribution is -1.98. The minimum atomic E-state index is 0.121. The molecular formula is C13H18O2. The number of allylic oxidation sites excluding steroid dienone is 1. The van der Waals surface area contributed by atoms with Crippen LogP contribution in [0.3, 0.4) is 0 Å². The van der Waals surface area contributed by atoms with Crippen molar-refractivity contribution in [3.8, 4) is 0 Å². The van der Waals surface area contributed by atoms with Crippen LogP contribution in [0.1, 0.15) is 48.2 Å². The van der Waals surface area contributed by atoms with Crippen molar-refractivity contribution in [2.75, 3.05) is 0 Å². The Morgan fingerprint density at radius 2 is 2.27 bits per heavy atom. The Morgan fingerprint density at radius 1 is 1.47 bits per heavy atom. The number of unbranched alkanes of at least 4 members (excludes halogenated alkanes) is 3. The molecule has 0 aliphatic carbocycles. The summed E-state index contributed by atoms with van der Waals surface area (Å²) in [4.78, 5) is 11.6. The number of carbonyl (C=O) groups excluding carboxylic acids is 1. The maximum atomic E-state index is 11.6. The van der Waals surface area contributed by atoms with E-state index in [4.69, 9.17) is 4.42 Å². The van der Waals surface area contributed by atoms with Gasteiger partial charge in [0.05, 0.1) is 6.26 Å². The van der Waals surface area contributed by atoms with Gasteiger partial charge in [-0.15, -0.1) is 6.58 Å². The van der Waals surface area contributed by atoms with E-state index in [1.807, 2.05) is 19.1 Å². The Balaban J connectivity index is 2.25. The number of Topliss-reactive ketones (excluding diaryl/α,β-unsaturated/α-hetero) is 1. The lowest BCUT2D eigenvalue weighted by atomic mass is 10.1. The van der Waals surface area contributed by atoms with Crippen molar-refractivity contribution in [2.45, 2.75) is 39.0 Å². The summed E-state index contributed by atoms with van der Waals surface area (Å²) in [6.45, 7) is 5.56. The zero-order valence-corrected chi connectivity index (χ0v) is 9.29. The molecule has 0 amide bonds. The largest absolute Gasteiger partial charge is 0.461 e. The molecule has 2 nitrogen and oxygen atoms in total. The molecule has 1 heterocycles. The van der Waals surface area contributed by atoms with Crippen molar-refractivity contribution in [3.05, 3.63) is 36.3 Å². The van der Waals surface area contributed by atoms with Crippen molar-refractivity contribution < 1.29 is 9.21 Å². The standard InChI is InChI=1S/C13H18O2/c1-3-4-5-6-7-8-12(14)13-11(2)9-10-15-13/h3,9-10H,1,4-8H2,2H3. The van der Waals surface area contributed by atoms with Gasteiger partial charge in [-0.3, -0.25) is 4.79 Å². The Hall–Kier alpha value is -1.31. The van der Waals surface area contributed by atoms with Crippen LogP contribution in [0.25, 0.3) is 0 Å². The molecule has 2 heteroatoms. The van der Waals surface area contributed by atoms with E-state index in [-0.39, 0.29) is 5.78 Å². The van der Waals surface area contributed by atoms with Crippen LogP contribution in [0.15, 0.2) is 29.4 Å². The molecule has 0 radical (unpaired) electrons. The zero-order chi connectivity index (χ0) is 11.1. The highest BCUT2D eigenvalue weighted by atomic mass is 16.3. The second-order valence-corrected chi connectivity index (χ2v) is 3.74. The number of furan rings is 1. The van der Waals surface area contributed by atoms with Crippen molar-refractivity contribution in [1.82, 2.24) is 0 Å². The normalized spacial score (nSPS) is 10.2. The molecule has 0 aliphatic rings. The van der Waals surface area contributed by atoms with Crippen LogP contribution >= 0.6 is 0 Å². The van der Waals surface area contributed by atoms with Gasteiger partial charge in [0.25, 0.3) is 0 Å². The molecule has 0 aliphatic heterocycles. The average Bonchev–Trinajstić information content (AvgIpc) is 2.64. The molecule has 0 bridgehead atoms. The van der Waals surface area contributed by atoms with Gasteiger partial charge in [-0.25, -0.2) is 0 Å². The van der Waals surface area contributed by atoms with E-state index < -0.39 is 0 Å². The summed E-state index contributed by atoms with van der Waals surface area (Å²) in [5, 5.41) is 0. The van der Waals surface area contributed by atoms with E-state index in [2.05, 4.69) is 6.58 Å². The summed E-state index contributed by atoms with van der Waals surface area (Å²) < 4.78 is 5.14. The summed E-state index contributed by atoms with van der Waals surface area (Å²) in [6.07, 6.45) is 8.25. The zero-order valence-electron chi connectivity index (χ0n) is 9.29. The molecule has 0 fully saturated rings. The van der Waals surface area contributed by atoms with Gasteiger partial charge < -0.3 is 4.42 Å². The third kappa shape index (κ3) is 3.74. The van der Waals surface area contributed by atoms with Crippen LogP contribution in [0.4, 0.5) is 0 Å². The van der Waals surface area contributed by atoms with Crippen LogP contribution in [0.5, 0.6) is 0 Å². The molecule has 0 atom stereocenters. The smallest absolute Gasteiger partial charge is 0.198 e. The van der Waals surface area contributed by atoms with E-state index in [1.165, 1.54) is 0 Å². The SMILES string of the molecule is C=CCCCCCC(=O)c1occc1C. The maximum Gasteiger partial charge on any atom is 0.198 e. The molecule has 82 valence electrons. The van der Waals surface area contributed by atoms with Crippen molar-refractivity contribution in [2.24, 2.45) is 0 Å². The van der Waals surface area contributed by atoms with Gasteiger partial charge in [-0.1, -0.05) is 12.5 Å². The van der Waals surface area contributed by atoms with Crippen LogP contribution in [0.2, 0.25) is 0 Å². The molecule has 0 saturated heterocycles. The van der Waals surface area contributed by atoms with E-state index in [0.29, 0.717) is 12.2 Å². The van der Waals surface area contributed by atoms with Gasteiger partial charge in [-0.05, 0) is 37.8 Å². The molecule has 0 N–H and O–H groups in total. The molecular weight excluding hydrogens is 188 g/mol. The Kier molecular flexibility index (Phi) is 4.88. The van der Waals surface area contributed by atoms with Crippen LogP contribution in [-0.4, -0.2) is 5.78 Å². The summed E-state index contributed by atoms with van der Waals surface area (Å²) in [5.74, 6) is 0.648. The summed E-state index contributed by atoms with van der Waals surface area (Å²) in [7, 11) is 0. The molecule has 0 unspecified atom stereocenters. The Bertz CT molecular complexity index is 323. The molecule has 1 aromatic rings. The van der Waals surface area contributed by atoms with Gasteiger partial charge in [-0.2, -0.15) is 0 Å². The number of rotatable bonds is 7. The molecule has 15 heavy (non-hydrogen) atoms. The predicted octanol–water partition coefficient (Wildman–Crippen LogP) is 3.91. The van der Waals surface area contributed by atoms with Gasteiger partial charge in [0.1, 0.15) is 0 Å².